The fourth-order valence-corrected chi connectivity index (χ4v) is 3.96. The monoisotopic (exact) mass is 468 g/mol. The lowest BCUT2D eigenvalue weighted by molar-refractivity contribution is 0.104. The number of aromatic nitrogens is 2. The van der Waals surface area contributed by atoms with Crippen molar-refractivity contribution in [3.05, 3.63) is 124 Å². The Morgan fingerprint density at radius 3 is 2.15 bits per heavy atom. The van der Waals surface area contributed by atoms with E-state index in [0.29, 0.717) is 15.6 Å². The zero-order valence-electron chi connectivity index (χ0n) is 17.5. The fraction of sp³-hybridized carbons (Fsp3) is 0. The molecule has 160 valence electrons. The highest BCUT2D eigenvalue weighted by Crippen LogP contribution is 2.30. The molecular formula is C28H18Cl2N2O. The molecule has 4 aromatic carbocycles. The number of benzene rings is 4. The number of imidazole rings is 1. The first-order valence-electron chi connectivity index (χ1n) is 10.4. The number of halogens is 2. The smallest absolute Gasteiger partial charge is 0.185 e. The van der Waals surface area contributed by atoms with Gasteiger partial charge in [0.05, 0.1) is 11.0 Å². The predicted molar refractivity (Wildman–Crippen MR) is 136 cm³/mol. The second-order valence-electron chi connectivity index (χ2n) is 7.57. The molecule has 0 N–H and O–H groups in total. The van der Waals surface area contributed by atoms with E-state index in [-0.39, 0.29) is 5.78 Å². The number of allylic oxidation sites excluding steroid dienone is 1. The summed E-state index contributed by atoms with van der Waals surface area (Å²) in [4.78, 5) is 17.7. The number of rotatable bonds is 5. The summed E-state index contributed by atoms with van der Waals surface area (Å²) in [6, 6.07) is 30.6. The fourth-order valence-electron chi connectivity index (χ4n) is 3.71. The van der Waals surface area contributed by atoms with Crippen LogP contribution in [0.4, 0.5) is 0 Å². The summed E-state index contributed by atoms with van der Waals surface area (Å²) in [5, 5.41) is 1.33. The van der Waals surface area contributed by atoms with Gasteiger partial charge in [0, 0.05) is 26.9 Å². The van der Waals surface area contributed by atoms with Gasteiger partial charge in [-0.3, -0.25) is 9.36 Å². The average Bonchev–Trinajstić information content (AvgIpc) is 3.23. The third kappa shape index (κ3) is 4.47. The molecule has 5 rings (SSSR count). The lowest BCUT2D eigenvalue weighted by Gasteiger charge is -2.09. The Hall–Kier alpha value is -3.66. The Kier molecular flexibility index (Phi) is 5.82. The molecule has 5 aromatic rings. The van der Waals surface area contributed by atoms with Crippen molar-refractivity contribution in [3.63, 3.8) is 0 Å². The van der Waals surface area contributed by atoms with E-state index in [1.165, 1.54) is 0 Å². The van der Waals surface area contributed by atoms with Crippen molar-refractivity contribution < 1.29 is 4.79 Å². The molecule has 0 aliphatic heterocycles. The minimum absolute atomic E-state index is 0.0887. The van der Waals surface area contributed by atoms with Crippen molar-refractivity contribution in [1.82, 2.24) is 9.55 Å². The summed E-state index contributed by atoms with van der Waals surface area (Å²) >= 11 is 12.0. The van der Waals surface area contributed by atoms with E-state index in [9.17, 15) is 4.79 Å². The number of para-hydroxylation sites is 1. The molecule has 0 radical (unpaired) electrons. The van der Waals surface area contributed by atoms with Crippen LogP contribution < -0.4 is 0 Å². The van der Waals surface area contributed by atoms with Crippen molar-refractivity contribution in [2.24, 2.45) is 0 Å². The summed E-state index contributed by atoms with van der Waals surface area (Å²) in [5.41, 5.74) is 5.08. The molecule has 33 heavy (non-hydrogen) atoms. The van der Waals surface area contributed by atoms with Crippen LogP contribution in [-0.2, 0) is 0 Å². The van der Waals surface area contributed by atoms with Gasteiger partial charge < -0.3 is 0 Å². The van der Waals surface area contributed by atoms with Crippen LogP contribution in [0.1, 0.15) is 15.9 Å². The first-order chi connectivity index (χ1) is 16.1. The largest absolute Gasteiger partial charge is 0.292 e. The van der Waals surface area contributed by atoms with Crippen LogP contribution in [-0.4, -0.2) is 15.3 Å². The molecule has 1 aromatic heterocycles. The van der Waals surface area contributed by atoms with Gasteiger partial charge in [-0.15, -0.1) is 0 Å². The Bertz CT molecular complexity index is 1470. The molecule has 0 aliphatic rings. The number of hydrogen-bond donors (Lipinski definition) is 0. The summed E-state index contributed by atoms with van der Waals surface area (Å²) in [6.45, 7) is 0. The summed E-state index contributed by atoms with van der Waals surface area (Å²) in [5.74, 6) is 0.698. The van der Waals surface area contributed by atoms with E-state index in [1.54, 1.807) is 24.3 Å². The molecule has 1 heterocycles. The van der Waals surface area contributed by atoms with Gasteiger partial charge in [0.25, 0.3) is 0 Å². The zero-order chi connectivity index (χ0) is 22.8. The second-order valence-corrected chi connectivity index (χ2v) is 8.44. The third-order valence-electron chi connectivity index (χ3n) is 5.35. The quantitative estimate of drug-likeness (QED) is 0.194. The van der Waals surface area contributed by atoms with E-state index in [2.05, 4.69) is 4.57 Å². The Labute approximate surface area is 201 Å². The van der Waals surface area contributed by atoms with E-state index < -0.39 is 0 Å². The first kappa shape index (κ1) is 21.2. The maximum atomic E-state index is 12.8. The van der Waals surface area contributed by atoms with Crippen molar-refractivity contribution in [1.29, 1.82) is 0 Å². The van der Waals surface area contributed by atoms with Crippen LogP contribution in [0.5, 0.6) is 0 Å². The number of fused-ring (bicyclic) bond motifs is 1. The molecule has 0 amide bonds. The zero-order valence-corrected chi connectivity index (χ0v) is 19.0. The Morgan fingerprint density at radius 2 is 1.45 bits per heavy atom. The van der Waals surface area contributed by atoms with Crippen LogP contribution in [0.25, 0.3) is 34.2 Å². The number of carbonyl (C=O) groups is 1. The highest BCUT2D eigenvalue weighted by atomic mass is 35.5. The van der Waals surface area contributed by atoms with E-state index in [1.807, 2.05) is 84.9 Å². The van der Waals surface area contributed by atoms with E-state index in [4.69, 9.17) is 28.2 Å². The predicted octanol–water partition coefficient (Wildman–Crippen LogP) is 7.90. The van der Waals surface area contributed by atoms with Gasteiger partial charge in [0.1, 0.15) is 5.82 Å². The molecule has 0 aliphatic carbocycles. The molecule has 0 saturated heterocycles. The molecule has 0 unspecified atom stereocenters. The highest BCUT2D eigenvalue weighted by Gasteiger charge is 2.16. The molecule has 0 atom stereocenters. The normalized spacial score (nSPS) is 11.3. The second kappa shape index (κ2) is 9.07. The number of carbonyl (C=O) groups excluding carboxylic acids is 1. The van der Waals surface area contributed by atoms with Crippen LogP contribution in [0.15, 0.2) is 103 Å². The summed E-state index contributed by atoms with van der Waals surface area (Å²) in [6.07, 6.45) is 3.35. The van der Waals surface area contributed by atoms with Crippen molar-refractivity contribution >= 4 is 46.1 Å². The van der Waals surface area contributed by atoms with Gasteiger partial charge >= 0.3 is 0 Å². The SMILES string of the molecule is O=C(/C=C/c1ccc(Cl)cc1)c1ccc2c(c1)nc(-c1ccc(Cl)cc1)n2-c1ccccc1. The van der Waals surface area contributed by atoms with Crippen LogP contribution in [0, 0.1) is 0 Å². The van der Waals surface area contributed by atoms with Crippen molar-refractivity contribution in [2.45, 2.75) is 0 Å². The minimum Gasteiger partial charge on any atom is -0.292 e. The van der Waals surface area contributed by atoms with E-state index >= 15 is 0 Å². The topological polar surface area (TPSA) is 34.9 Å². The van der Waals surface area contributed by atoms with E-state index in [0.717, 1.165) is 33.7 Å². The molecule has 0 saturated carbocycles. The molecule has 5 heteroatoms. The highest BCUT2D eigenvalue weighted by molar-refractivity contribution is 6.30. The van der Waals surface area contributed by atoms with Crippen molar-refractivity contribution in [3.8, 4) is 17.1 Å². The molecule has 0 fully saturated rings. The third-order valence-corrected chi connectivity index (χ3v) is 5.86. The van der Waals surface area contributed by atoms with Gasteiger partial charge in [-0.2, -0.15) is 0 Å². The molecule has 0 bridgehead atoms. The van der Waals surface area contributed by atoms with Gasteiger partial charge in [0.15, 0.2) is 5.78 Å². The number of nitrogens with zero attached hydrogens (tertiary/aromatic N) is 2. The average molecular weight is 469 g/mol. The summed E-state index contributed by atoms with van der Waals surface area (Å²) < 4.78 is 2.09. The maximum absolute atomic E-state index is 12.8. The van der Waals surface area contributed by atoms with Gasteiger partial charge in [-0.05, 0) is 78.4 Å². The van der Waals surface area contributed by atoms with Gasteiger partial charge in [-0.25, -0.2) is 4.98 Å². The molecule has 3 nitrogen and oxygen atoms in total. The van der Waals surface area contributed by atoms with Gasteiger partial charge in [0.2, 0.25) is 0 Å². The number of hydrogen-bond acceptors (Lipinski definition) is 2. The standard InChI is InChI=1S/C28H18Cl2N2O/c29-22-12-6-19(7-13-22)8-17-27(33)21-11-16-26-25(18-21)31-28(20-9-14-23(30)15-10-20)32(26)24-4-2-1-3-5-24/h1-18H/b17-8+. The molecule has 0 spiro atoms. The Morgan fingerprint density at radius 1 is 0.788 bits per heavy atom. The minimum atomic E-state index is -0.0887. The van der Waals surface area contributed by atoms with Crippen LogP contribution in [0.3, 0.4) is 0 Å². The number of ketones is 1. The maximum Gasteiger partial charge on any atom is 0.185 e. The van der Waals surface area contributed by atoms with Crippen LogP contribution in [0.2, 0.25) is 10.0 Å². The van der Waals surface area contributed by atoms with Gasteiger partial charge in [-0.1, -0.05) is 59.6 Å². The first-order valence-corrected chi connectivity index (χ1v) is 11.2. The summed E-state index contributed by atoms with van der Waals surface area (Å²) in [7, 11) is 0. The molecular weight excluding hydrogens is 451 g/mol. The van der Waals surface area contributed by atoms with Crippen LogP contribution >= 0.6 is 23.2 Å². The Balaban J connectivity index is 1.57. The lowest BCUT2D eigenvalue weighted by atomic mass is 10.1. The van der Waals surface area contributed by atoms with Crippen molar-refractivity contribution in [2.75, 3.05) is 0 Å². The lowest BCUT2D eigenvalue weighted by Crippen LogP contribution is -1.98.